The van der Waals surface area contributed by atoms with Crippen molar-refractivity contribution >= 4 is 77.3 Å². The van der Waals surface area contributed by atoms with Gasteiger partial charge in [-0.3, -0.25) is 14.4 Å². The minimum atomic E-state index is -0.846. The van der Waals surface area contributed by atoms with Crippen molar-refractivity contribution in [2.45, 2.75) is 121 Å². The third kappa shape index (κ3) is 18.2. The zero-order valence-corrected chi connectivity index (χ0v) is 50.3. The normalized spacial score (nSPS) is 16.1. The van der Waals surface area contributed by atoms with E-state index in [1.165, 1.54) is 53.2 Å². The first-order chi connectivity index (χ1) is 37.6. The number of carboxylic acids is 1. The highest BCUT2D eigenvalue weighted by Gasteiger charge is 2.26. The van der Waals surface area contributed by atoms with Crippen LogP contribution < -0.4 is 9.47 Å². The summed E-state index contributed by atoms with van der Waals surface area (Å²) >= 11 is 16.6. The topological polar surface area (TPSA) is 108 Å². The van der Waals surface area contributed by atoms with Gasteiger partial charge in [0.2, 0.25) is 0 Å². The van der Waals surface area contributed by atoms with Gasteiger partial charge in [0.15, 0.2) is 0 Å². The number of hydrogen-bond donors (Lipinski definition) is 1. The second-order valence-electron chi connectivity index (χ2n) is 18.9. The number of fused-ring (bicyclic) bond motifs is 3. The molecule has 8 nitrogen and oxygen atoms in total. The third-order valence-corrected chi connectivity index (χ3v) is 15.4. The summed E-state index contributed by atoms with van der Waals surface area (Å²) in [5.41, 5.74) is 12.0. The molecule has 0 amide bonds. The van der Waals surface area contributed by atoms with Gasteiger partial charge in [-0.25, -0.2) is 0 Å². The number of aliphatic carboxylic acids is 1. The number of methoxy groups -OCH3 is 2. The van der Waals surface area contributed by atoms with Crippen molar-refractivity contribution in [1.82, 2.24) is 0 Å². The molecule has 0 aliphatic heterocycles. The van der Waals surface area contributed by atoms with Crippen molar-refractivity contribution in [2.75, 3.05) is 14.2 Å². The predicted octanol–water partition coefficient (Wildman–Crippen LogP) is 16.6. The monoisotopic (exact) mass is 1260 g/mol. The molecule has 6 atom stereocenters. The zero-order chi connectivity index (χ0) is 56.1. The second-order valence-corrected chi connectivity index (χ2v) is 22.1. The molecule has 0 radical (unpaired) electrons. The van der Waals surface area contributed by atoms with Crippen LogP contribution in [-0.4, -0.2) is 37.2 Å². The molecular formula is C66H64Br3ClO8. The van der Waals surface area contributed by atoms with E-state index >= 15 is 0 Å². The number of carboxylic acid groups (broad SMARTS) is 1. The Morgan fingerprint density at radius 3 is 1.24 bits per heavy atom. The quantitative estimate of drug-likeness (QED) is 0.0692. The standard InChI is InChI=1S/C22H21BrO3.C21H19BrO3.C14H16O2.C9H8BrCl/c1-3-4-17(13-22(24)25-2)15-6-10-19(11-7-15)26-21-12-8-16-5-9-18(23)14-20(16)21;1-2-3-16(12-21(23)24)14-5-9-18(10-6-14)25-20-11-7-15-4-8-17(22)13-19(15)20;1-4-5-13(10-14(15)16-3)12-8-6-11(2)7-9-12;10-7-3-1-6-2-4-9(11)8(6)5-7/h5-7,9-11,14,17,21H,8,12-13H2,1-2H3;4-6,8-10,13,16,20H,7,11-12H2,1H3,(H,23,24);6-9,13H,10H2,1-3H3;1,3,5,9H,2,4H2/t17-,21?;16-,20?;13-;/m000./s1. The lowest BCUT2D eigenvalue weighted by molar-refractivity contribution is -0.141. The van der Waals surface area contributed by atoms with Gasteiger partial charge in [0.05, 0.1) is 56.6 Å². The van der Waals surface area contributed by atoms with E-state index < -0.39 is 5.97 Å². The molecule has 0 saturated heterocycles. The zero-order valence-electron chi connectivity index (χ0n) is 44.8. The van der Waals surface area contributed by atoms with E-state index in [9.17, 15) is 14.4 Å². The fraction of sp³-hybridized carbons (Fsp3) is 0.318. The number of carbonyl (C=O) groups is 3. The van der Waals surface area contributed by atoms with Crippen LogP contribution in [0.2, 0.25) is 0 Å². The van der Waals surface area contributed by atoms with Gasteiger partial charge >= 0.3 is 17.9 Å². The first-order valence-corrected chi connectivity index (χ1v) is 28.6. The average Bonchev–Trinajstić information content (AvgIpc) is 4.18. The van der Waals surface area contributed by atoms with Gasteiger partial charge in [0.25, 0.3) is 0 Å². The predicted molar refractivity (Wildman–Crippen MR) is 321 cm³/mol. The summed E-state index contributed by atoms with van der Waals surface area (Å²) in [4.78, 5) is 33.8. The third-order valence-electron chi connectivity index (χ3n) is 13.5. The molecule has 0 fully saturated rings. The maximum absolute atomic E-state index is 11.6. The molecule has 3 aliphatic rings. The number of rotatable bonds is 13. The van der Waals surface area contributed by atoms with Crippen LogP contribution >= 0.6 is 59.4 Å². The molecule has 3 aliphatic carbocycles. The largest absolute Gasteiger partial charge is 0.486 e. The number of hydrogen-bond acceptors (Lipinski definition) is 7. The molecule has 404 valence electrons. The Balaban J connectivity index is 0.000000176. The van der Waals surface area contributed by atoms with Gasteiger partial charge in [-0.2, -0.15) is 0 Å². The van der Waals surface area contributed by atoms with E-state index in [4.69, 9.17) is 30.9 Å². The Bertz CT molecular complexity index is 3190. The molecule has 0 bridgehead atoms. The highest BCUT2D eigenvalue weighted by Crippen LogP contribution is 2.40. The van der Waals surface area contributed by atoms with E-state index in [-0.39, 0.29) is 60.1 Å². The molecule has 0 saturated carbocycles. The van der Waals surface area contributed by atoms with E-state index in [0.29, 0.717) is 6.42 Å². The molecule has 78 heavy (non-hydrogen) atoms. The average molecular weight is 1260 g/mol. The first kappa shape index (κ1) is 61.0. The number of benzene rings is 6. The molecule has 1 N–H and O–H groups in total. The summed E-state index contributed by atoms with van der Waals surface area (Å²) in [6.07, 6.45) is 6.95. The lowest BCUT2D eigenvalue weighted by Gasteiger charge is -2.16. The van der Waals surface area contributed by atoms with E-state index in [2.05, 4.69) is 143 Å². The Morgan fingerprint density at radius 2 is 0.872 bits per heavy atom. The van der Waals surface area contributed by atoms with Gasteiger partial charge in [0, 0.05) is 13.4 Å². The summed E-state index contributed by atoms with van der Waals surface area (Å²) in [5, 5.41) is 9.27. The van der Waals surface area contributed by atoms with Gasteiger partial charge < -0.3 is 24.1 Å². The number of alkyl halides is 1. The molecular weight excluding hydrogens is 1200 g/mol. The van der Waals surface area contributed by atoms with Crippen LogP contribution in [0, 0.1) is 42.4 Å². The van der Waals surface area contributed by atoms with Crippen LogP contribution in [0.25, 0.3) is 0 Å². The van der Waals surface area contributed by atoms with Crippen LogP contribution in [0.4, 0.5) is 0 Å². The summed E-state index contributed by atoms with van der Waals surface area (Å²) in [6.45, 7) is 7.31. The lowest BCUT2D eigenvalue weighted by Crippen LogP contribution is -2.08. The Labute approximate surface area is 490 Å². The summed E-state index contributed by atoms with van der Waals surface area (Å²) in [5.74, 6) is 17.4. The van der Waals surface area contributed by atoms with Crippen molar-refractivity contribution in [1.29, 1.82) is 0 Å². The van der Waals surface area contributed by atoms with Crippen molar-refractivity contribution in [2.24, 2.45) is 0 Å². The first-order valence-electron chi connectivity index (χ1n) is 25.8. The minimum absolute atomic E-state index is 0.00503. The van der Waals surface area contributed by atoms with Crippen LogP contribution in [0.1, 0.15) is 150 Å². The van der Waals surface area contributed by atoms with E-state index in [1.54, 1.807) is 20.8 Å². The highest BCUT2D eigenvalue weighted by molar-refractivity contribution is 9.11. The van der Waals surface area contributed by atoms with E-state index in [1.807, 2.05) is 79.7 Å². The maximum Gasteiger partial charge on any atom is 0.307 e. The molecule has 6 aromatic carbocycles. The molecule has 0 heterocycles. The van der Waals surface area contributed by atoms with Crippen molar-refractivity contribution < 1.29 is 38.4 Å². The lowest BCUT2D eigenvalue weighted by atomic mass is 9.95. The molecule has 3 unspecified atom stereocenters. The van der Waals surface area contributed by atoms with Crippen molar-refractivity contribution in [3.05, 3.63) is 196 Å². The SMILES string of the molecule is CC#C[C@@H](CC(=O)O)c1ccc(OC2CCc3ccc(Br)cc32)cc1.CC#C[C@@H](CC(=O)OC)c1ccc(C)cc1.CC#C[C@@H](CC(=O)OC)c1ccc(OC2CCc3ccc(Br)cc32)cc1.ClC1CCc2ccc(Br)cc21. The number of esters is 2. The smallest absolute Gasteiger partial charge is 0.307 e. The fourth-order valence-electron chi connectivity index (χ4n) is 9.48. The Morgan fingerprint density at radius 1 is 0.526 bits per heavy atom. The number of aryl methyl sites for hydroxylation is 4. The van der Waals surface area contributed by atoms with Crippen LogP contribution in [-0.2, 0) is 43.1 Å². The minimum Gasteiger partial charge on any atom is -0.486 e. The molecule has 0 spiro atoms. The van der Waals surface area contributed by atoms with Crippen LogP contribution in [0.15, 0.2) is 141 Å². The molecule has 0 aromatic heterocycles. The van der Waals surface area contributed by atoms with Gasteiger partial charge in [-0.15, -0.1) is 29.4 Å². The van der Waals surface area contributed by atoms with Crippen LogP contribution in [0.3, 0.4) is 0 Å². The second kappa shape index (κ2) is 30.8. The molecule has 12 heteroatoms. The molecule has 9 rings (SSSR count). The van der Waals surface area contributed by atoms with Crippen molar-refractivity contribution in [3.63, 3.8) is 0 Å². The summed E-state index contributed by atoms with van der Waals surface area (Å²) in [7, 11) is 2.79. The number of ether oxygens (including phenoxy) is 4. The van der Waals surface area contributed by atoms with Crippen LogP contribution in [0.5, 0.6) is 11.5 Å². The van der Waals surface area contributed by atoms with E-state index in [0.717, 1.165) is 80.1 Å². The number of halogens is 4. The fourth-order valence-corrected chi connectivity index (χ4v) is 10.9. The Hall–Kier alpha value is -6.26. The van der Waals surface area contributed by atoms with Gasteiger partial charge in [-0.05, 0) is 177 Å². The Kier molecular flexibility index (Phi) is 24.0. The highest BCUT2D eigenvalue weighted by atomic mass is 79.9. The maximum atomic E-state index is 11.6. The van der Waals surface area contributed by atoms with Gasteiger partial charge in [0.1, 0.15) is 23.7 Å². The number of carbonyl (C=O) groups excluding carboxylic acids is 2. The summed E-state index contributed by atoms with van der Waals surface area (Å²) in [6, 6.07) is 42.6. The van der Waals surface area contributed by atoms with Gasteiger partial charge in [-0.1, -0.05) is 138 Å². The van der Waals surface area contributed by atoms with Crippen molar-refractivity contribution in [3.8, 4) is 47.0 Å². The summed E-state index contributed by atoms with van der Waals surface area (Å²) < 4.78 is 25.1. The molecule has 6 aromatic rings.